The van der Waals surface area contributed by atoms with Crippen molar-refractivity contribution in [1.82, 2.24) is 4.90 Å². The van der Waals surface area contributed by atoms with Gasteiger partial charge in [0.05, 0.1) is 5.56 Å². The van der Waals surface area contributed by atoms with Gasteiger partial charge in [0.25, 0.3) is 5.91 Å². The first-order valence-corrected chi connectivity index (χ1v) is 6.51. The Balaban J connectivity index is 2.17. The number of amides is 1. The predicted molar refractivity (Wildman–Crippen MR) is 70.2 cm³/mol. The van der Waals surface area contributed by atoms with Crippen molar-refractivity contribution in [2.75, 3.05) is 19.3 Å². The predicted octanol–water partition coefficient (Wildman–Crippen LogP) is 3.16. The molecule has 0 aromatic heterocycles. The van der Waals surface area contributed by atoms with Crippen LogP contribution < -0.4 is 5.73 Å². The molecule has 0 saturated heterocycles. The molecule has 20 heavy (non-hydrogen) atoms. The molecule has 0 heterocycles. The summed E-state index contributed by atoms with van der Waals surface area (Å²) in [4.78, 5) is 13.6. The van der Waals surface area contributed by atoms with E-state index in [1.165, 1.54) is 11.0 Å². The van der Waals surface area contributed by atoms with Gasteiger partial charge in [-0.1, -0.05) is 6.42 Å². The fourth-order valence-electron chi connectivity index (χ4n) is 2.30. The van der Waals surface area contributed by atoms with Gasteiger partial charge in [-0.15, -0.1) is 0 Å². The van der Waals surface area contributed by atoms with Gasteiger partial charge in [-0.2, -0.15) is 13.2 Å². The third-order valence-corrected chi connectivity index (χ3v) is 3.71. The molecule has 1 aromatic rings. The summed E-state index contributed by atoms with van der Waals surface area (Å²) in [5.74, 6) is 0.0715. The number of rotatable bonds is 3. The van der Waals surface area contributed by atoms with Gasteiger partial charge in [0.15, 0.2) is 0 Å². The molecular formula is C14H17F3N2O. The molecule has 2 N–H and O–H groups in total. The molecule has 0 spiro atoms. The number of halogens is 3. The quantitative estimate of drug-likeness (QED) is 0.868. The van der Waals surface area contributed by atoms with E-state index in [-0.39, 0.29) is 11.3 Å². The van der Waals surface area contributed by atoms with Crippen molar-refractivity contribution in [2.24, 2.45) is 5.92 Å². The van der Waals surface area contributed by atoms with Gasteiger partial charge in [-0.05, 0) is 37.0 Å². The van der Waals surface area contributed by atoms with Crippen LogP contribution in [-0.4, -0.2) is 24.4 Å². The fourth-order valence-corrected chi connectivity index (χ4v) is 2.30. The van der Waals surface area contributed by atoms with Gasteiger partial charge in [0, 0.05) is 24.8 Å². The normalized spacial score (nSPS) is 15.8. The minimum absolute atomic E-state index is 0.0216. The van der Waals surface area contributed by atoms with E-state index >= 15 is 0 Å². The van der Waals surface area contributed by atoms with Gasteiger partial charge >= 0.3 is 6.18 Å². The summed E-state index contributed by atoms with van der Waals surface area (Å²) in [6.07, 6.45) is -1.24. The molecular weight excluding hydrogens is 269 g/mol. The van der Waals surface area contributed by atoms with Crippen molar-refractivity contribution in [3.8, 4) is 0 Å². The summed E-state index contributed by atoms with van der Waals surface area (Å²) in [7, 11) is 1.62. The Labute approximate surface area is 115 Å². The van der Waals surface area contributed by atoms with Crippen LogP contribution in [0.3, 0.4) is 0 Å². The van der Waals surface area contributed by atoms with E-state index in [2.05, 4.69) is 0 Å². The lowest BCUT2D eigenvalue weighted by atomic mass is 9.85. The number of nitrogens with zero attached hydrogens (tertiary/aromatic N) is 1. The molecule has 1 aliphatic rings. The third-order valence-electron chi connectivity index (χ3n) is 3.71. The van der Waals surface area contributed by atoms with Gasteiger partial charge in [-0.3, -0.25) is 4.79 Å². The molecule has 2 rings (SSSR count). The van der Waals surface area contributed by atoms with E-state index in [1.807, 2.05) is 0 Å². The van der Waals surface area contributed by atoms with Crippen LogP contribution >= 0.6 is 0 Å². The van der Waals surface area contributed by atoms with E-state index in [9.17, 15) is 18.0 Å². The molecule has 1 fully saturated rings. The number of carbonyl (C=O) groups is 1. The second-order valence-corrected chi connectivity index (χ2v) is 5.28. The van der Waals surface area contributed by atoms with Crippen LogP contribution in [-0.2, 0) is 6.18 Å². The van der Waals surface area contributed by atoms with Gasteiger partial charge < -0.3 is 10.6 Å². The molecule has 3 nitrogen and oxygen atoms in total. The largest absolute Gasteiger partial charge is 0.418 e. The maximum atomic E-state index is 12.8. The van der Waals surface area contributed by atoms with Gasteiger partial charge in [0.2, 0.25) is 0 Å². The molecule has 6 heteroatoms. The van der Waals surface area contributed by atoms with Crippen LogP contribution in [0.5, 0.6) is 0 Å². The lowest BCUT2D eigenvalue weighted by Crippen LogP contribution is -2.34. The SMILES string of the molecule is CN(CC1CCC1)C(=O)c1ccc(N)c(C(F)(F)F)c1. The minimum Gasteiger partial charge on any atom is -0.398 e. The number of nitrogens with two attached hydrogens (primary N) is 1. The van der Waals surface area contributed by atoms with Crippen molar-refractivity contribution < 1.29 is 18.0 Å². The summed E-state index contributed by atoms with van der Waals surface area (Å²) >= 11 is 0. The van der Waals surface area contributed by atoms with Crippen LogP contribution in [0.15, 0.2) is 18.2 Å². The van der Waals surface area contributed by atoms with Crippen molar-refractivity contribution >= 4 is 11.6 Å². The maximum Gasteiger partial charge on any atom is 0.418 e. The average molecular weight is 286 g/mol. The van der Waals surface area contributed by atoms with E-state index in [4.69, 9.17) is 5.73 Å². The Hall–Kier alpha value is -1.72. The molecule has 1 saturated carbocycles. The smallest absolute Gasteiger partial charge is 0.398 e. The second-order valence-electron chi connectivity index (χ2n) is 5.28. The molecule has 1 amide bonds. The van der Waals surface area contributed by atoms with Gasteiger partial charge in [0.1, 0.15) is 0 Å². The highest BCUT2D eigenvalue weighted by Gasteiger charge is 2.34. The number of alkyl halides is 3. The average Bonchev–Trinajstić information content (AvgIpc) is 2.31. The Bertz CT molecular complexity index is 510. The third kappa shape index (κ3) is 3.05. The highest BCUT2D eigenvalue weighted by Crippen LogP contribution is 2.34. The molecule has 1 aliphatic carbocycles. The first kappa shape index (κ1) is 14.7. The second kappa shape index (κ2) is 5.34. The van der Waals surface area contributed by atoms with Crippen molar-refractivity contribution in [3.05, 3.63) is 29.3 Å². The molecule has 110 valence electrons. The molecule has 0 bridgehead atoms. The molecule has 0 atom stereocenters. The fraction of sp³-hybridized carbons (Fsp3) is 0.500. The van der Waals surface area contributed by atoms with Gasteiger partial charge in [-0.25, -0.2) is 0 Å². The minimum atomic E-state index is -4.55. The Morgan fingerprint density at radius 3 is 2.55 bits per heavy atom. The highest BCUT2D eigenvalue weighted by molar-refractivity contribution is 5.94. The van der Waals surface area contributed by atoms with Crippen molar-refractivity contribution in [1.29, 1.82) is 0 Å². The van der Waals surface area contributed by atoms with E-state index in [1.54, 1.807) is 7.05 Å². The van der Waals surface area contributed by atoms with Crippen LogP contribution in [0.1, 0.15) is 35.2 Å². The molecule has 1 aromatic carbocycles. The van der Waals surface area contributed by atoms with Crippen LogP contribution in [0.2, 0.25) is 0 Å². The number of hydrogen-bond acceptors (Lipinski definition) is 2. The van der Waals surface area contributed by atoms with Crippen molar-refractivity contribution in [2.45, 2.75) is 25.4 Å². The summed E-state index contributed by atoms with van der Waals surface area (Å²) in [6.45, 7) is 0.588. The van der Waals surface area contributed by atoms with E-state index in [0.717, 1.165) is 31.4 Å². The summed E-state index contributed by atoms with van der Waals surface area (Å²) in [5.41, 5.74) is 4.02. The zero-order valence-corrected chi connectivity index (χ0v) is 11.2. The lowest BCUT2D eigenvalue weighted by Gasteiger charge is -2.30. The monoisotopic (exact) mass is 286 g/mol. The highest BCUT2D eigenvalue weighted by atomic mass is 19.4. The number of benzene rings is 1. The number of anilines is 1. The zero-order valence-electron chi connectivity index (χ0n) is 11.2. The number of carbonyl (C=O) groups excluding carboxylic acids is 1. The summed E-state index contributed by atoms with van der Waals surface area (Å²) < 4.78 is 38.3. The molecule has 0 aliphatic heterocycles. The topological polar surface area (TPSA) is 46.3 Å². The van der Waals surface area contributed by atoms with Crippen LogP contribution in [0.25, 0.3) is 0 Å². The first-order chi connectivity index (χ1) is 9.29. The first-order valence-electron chi connectivity index (χ1n) is 6.51. The van der Waals surface area contributed by atoms with Crippen LogP contribution in [0, 0.1) is 5.92 Å². The standard InChI is InChI=1S/C14H17F3N2O/c1-19(8-9-3-2-4-9)13(20)10-5-6-12(18)11(7-10)14(15,16)17/h5-7,9H,2-4,8,18H2,1H3. The van der Waals surface area contributed by atoms with E-state index in [0.29, 0.717) is 12.5 Å². The number of hydrogen-bond donors (Lipinski definition) is 1. The Morgan fingerprint density at radius 2 is 2.05 bits per heavy atom. The zero-order chi connectivity index (χ0) is 14.9. The van der Waals surface area contributed by atoms with Crippen LogP contribution in [0.4, 0.5) is 18.9 Å². The Morgan fingerprint density at radius 1 is 1.40 bits per heavy atom. The lowest BCUT2D eigenvalue weighted by molar-refractivity contribution is -0.136. The Kier molecular flexibility index (Phi) is 3.92. The maximum absolute atomic E-state index is 12.8. The number of nitrogen functional groups attached to an aromatic ring is 1. The van der Waals surface area contributed by atoms with Crippen molar-refractivity contribution in [3.63, 3.8) is 0 Å². The molecule has 0 radical (unpaired) electrons. The van der Waals surface area contributed by atoms with E-state index < -0.39 is 17.6 Å². The molecule has 0 unspecified atom stereocenters. The summed E-state index contributed by atoms with van der Waals surface area (Å²) in [6, 6.07) is 3.30. The summed E-state index contributed by atoms with van der Waals surface area (Å²) in [5, 5.41) is 0.